The maximum atomic E-state index is 3.64. The van der Waals surface area contributed by atoms with Crippen LogP contribution in [0.5, 0.6) is 0 Å². The Balaban J connectivity index is 1.69. The van der Waals surface area contributed by atoms with Crippen molar-refractivity contribution < 1.29 is 0 Å². The first-order valence-electron chi connectivity index (χ1n) is 7.19. The summed E-state index contributed by atoms with van der Waals surface area (Å²) < 4.78 is 0. The van der Waals surface area contributed by atoms with Gasteiger partial charge in [0.15, 0.2) is 0 Å². The van der Waals surface area contributed by atoms with Crippen molar-refractivity contribution in [3.8, 4) is 0 Å². The van der Waals surface area contributed by atoms with E-state index in [-0.39, 0.29) is 5.54 Å². The van der Waals surface area contributed by atoms with Crippen molar-refractivity contribution in [3.05, 3.63) is 0 Å². The van der Waals surface area contributed by atoms with Crippen LogP contribution in [-0.4, -0.2) is 12.1 Å². The van der Waals surface area contributed by atoms with Crippen molar-refractivity contribution >= 4 is 0 Å². The highest BCUT2D eigenvalue weighted by atomic mass is 14.9. The van der Waals surface area contributed by atoms with Gasteiger partial charge in [-0.25, -0.2) is 0 Å². The van der Waals surface area contributed by atoms with Crippen LogP contribution in [-0.2, 0) is 0 Å². The van der Waals surface area contributed by atoms with Crippen LogP contribution in [0.15, 0.2) is 0 Å². The van der Waals surface area contributed by atoms with Gasteiger partial charge in [0.05, 0.1) is 0 Å². The maximum Gasteiger partial charge on any atom is 0.00966 e. The van der Waals surface area contributed by atoms with Crippen LogP contribution in [0.3, 0.4) is 0 Å². The summed E-state index contributed by atoms with van der Waals surface area (Å²) in [7, 11) is 0. The molecule has 0 aliphatic heterocycles. The highest BCUT2D eigenvalue weighted by Gasteiger charge is 2.39. The lowest BCUT2D eigenvalue weighted by Crippen LogP contribution is -2.39. The summed E-state index contributed by atoms with van der Waals surface area (Å²) in [5.41, 5.74) is 0.281. The second-order valence-corrected chi connectivity index (χ2v) is 7.41. The third-order valence-corrected chi connectivity index (χ3v) is 4.57. The van der Waals surface area contributed by atoms with Crippen LogP contribution in [0.2, 0.25) is 0 Å². The molecule has 16 heavy (non-hydrogen) atoms. The molecule has 0 saturated heterocycles. The molecule has 4 unspecified atom stereocenters. The predicted octanol–water partition coefficient (Wildman–Crippen LogP) is 3.84. The van der Waals surface area contributed by atoms with Gasteiger partial charge < -0.3 is 5.32 Å². The van der Waals surface area contributed by atoms with Gasteiger partial charge in [0, 0.05) is 5.54 Å². The molecule has 2 aliphatic rings. The van der Waals surface area contributed by atoms with Crippen LogP contribution >= 0.6 is 0 Å². The number of nitrogens with one attached hydrogen (secondary N) is 1. The molecular weight excluding hydrogens is 194 g/mol. The van der Waals surface area contributed by atoms with E-state index in [0.29, 0.717) is 0 Å². The van der Waals surface area contributed by atoms with Gasteiger partial charge in [0.25, 0.3) is 0 Å². The molecule has 1 N–H and O–H groups in total. The molecule has 4 atom stereocenters. The van der Waals surface area contributed by atoms with Crippen LogP contribution in [0.4, 0.5) is 0 Å². The van der Waals surface area contributed by atoms with Gasteiger partial charge in [-0.1, -0.05) is 13.3 Å². The number of hydrogen-bond acceptors (Lipinski definition) is 1. The summed E-state index contributed by atoms with van der Waals surface area (Å²) in [6, 6.07) is 0. The Kier molecular flexibility index (Phi) is 3.63. The molecule has 2 rings (SSSR count). The van der Waals surface area contributed by atoms with E-state index in [2.05, 4.69) is 33.0 Å². The number of hydrogen-bond donors (Lipinski definition) is 1. The van der Waals surface area contributed by atoms with Gasteiger partial charge in [0.2, 0.25) is 0 Å². The third kappa shape index (κ3) is 3.23. The molecule has 0 aromatic heterocycles. The summed E-state index contributed by atoms with van der Waals surface area (Å²) in [6.07, 6.45) is 7.64. The van der Waals surface area contributed by atoms with Crippen molar-refractivity contribution in [2.45, 2.75) is 65.3 Å². The normalized spacial score (nSPS) is 35.6. The summed E-state index contributed by atoms with van der Waals surface area (Å²) in [6.45, 7) is 10.4. The Hall–Kier alpha value is -0.0400. The summed E-state index contributed by atoms with van der Waals surface area (Å²) >= 11 is 0. The molecule has 2 aliphatic carbocycles. The lowest BCUT2D eigenvalue weighted by Gasteiger charge is -2.28. The molecule has 2 fully saturated rings. The zero-order valence-corrected chi connectivity index (χ0v) is 11.6. The minimum Gasteiger partial charge on any atom is -0.312 e. The summed E-state index contributed by atoms with van der Waals surface area (Å²) in [5, 5.41) is 3.64. The van der Waals surface area contributed by atoms with E-state index >= 15 is 0 Å². The fourth-order valence-electron chi connectivity index (χ4n) is 3.75. The first kappa shape index (κ1) is 12.4. The predicted molar refractivity (Wildman–Crippen MR) is 70.5 cm³/mol. The average molecular weight is 223 g/mol. The monoisotopic (exact) mass is 223 g/mol. The molecule has 2 bridgehead atoms. The van der Waals surface area contributed by atoms with E-state index in [0.717, 1.165) is 23.7 Å². The van der Waals surface area contributed by atoms with Crippen LogP contribution in [0.25, 0.3) is 0 Å². The highest BCUT2D eigenvalue weighted by molar-refractivity contribution is 4.90. The number of fused-ring (bicyclic) bond motifs is 2. The largest absolute Gasteiger partial charge is 0.312 e. The molecule has 0 aromatic rings. The van der Waals surface area contributed by atoms with Gasteiger partial charge >= 0.3 is 0 Å². The van der Waals surface area contributed by atoms with E-state index in [9.17, 15) is 0 Å². The Morgan fingerprint density at radius 2 is 1.94 bits per heavy atom. The third-order valence-electron chi connectivity index (χ3n) is 4.57. The molecule has 0 radical (unpaired) electrons. The molecule has 1 heteroatoms. The van der Waals surface area contributed by atoms with Crippen molar-refractivity contribution in [1.82, 2.24) is 5.32 Å². The SMILES string of the molecule is CC(CNC(C)(C)C)CC1CC2CCC1C2. The minimum atomic E-state index is 0.281. The smallest absolute Gasteiger partial charge is 0.00966 e. The number of rotatable bonds is 4. The van der Waals surface area contributed by atoms with E-state index in [1.807, 2.05) is 0 Å². The Labute approximate surface area is 101 Å². The van der Waals surface area contributed by atoms with Crippen LogP contribution in [0.1, 0.15) is 59.8 Å². The van der Waals surface area contributed by atoms with Gasteiger partial charge in [-0.3, -0.25) is 0 Å². The molecule has 0 heterocycles. The van der Waals surface area contributed by atoms with E-state index in [4.69, 9.17) is 0 Å². The van der Waals surface area contributed by atoms with E-state index < -0.39 is 0 Å². The fraction of sp³-hybridized carbons (Fsp3) is 1.00. The highest BCUT2D eigenvalue weighted by Crippen LogP contribution is 2.50. The lowest BCUT2D eigenvalue weighted by molar-refractivity contribution is 0.261. The Bertz CT molecular complexity index is 228. The Morgan fingerprint density at radius 1 is 1.19 bits per heavy atom. The molecule has 0 spiro atoms. The van der Waals surface area contributed by atoms with Crippen molar-refractivity contribution in [1.29, 1.82) is 0 Å². The zero-order valence-electron chi connectivity index (χ0n) is 11.6. The summed E-state index contributed by atoms with van der Waals surface area (Å²) in [5.74, 6) is 4.12. The van der Waals surface area contributed by atoms with Gasteiger partial charge in [-0.05, 0) is 76.7 Å². The maximum absolute atomic E-state index is 3.64. The van der Waals surface area contributed by atoms with Gasteiger partial charge in [0.1, 0.15) is 0 Å². The van der Waals surface area contributed by atoms with Crippen molar-refractivity contribution in [3.63, 3.8) is 0 Å². The van der Waals surface area contributed by atoms with Crippen LogP contribution < -0.4 is 5.32 Å². The van der Waals surface area contributed by atoms with Gasteiger partial charge in [-0.2, -0.15) is 0 Å². The molecule has 0 aromatic carbocycles. The fourth-order valence-corrected chi connectivity index (χ4v) is 3.75. The second kappa shape index (κ2) is 4.68. The van der Waals surface area contributed by atoms with Gasteiger partial charge in [-0.15, -0.1) is 0 Å². The quantitative estimate of drug-likeness (QED) is 0.763. The average Bonchev–Trinajstić information content (AvgIpc) is 2.75. The molecular formula is C15H29N. The zero-order chi connectivity index (χ0) is 11.8. The standard InChI is InChI=1S/C15H29N/c1-11(10-16-15(2,3)4)7-14-9-12-5-6-13(14)8-12/h11-14,16H,5-10H2,1-4H3. The van der Waals surface area contributed by atoms with Crippen LogP contribution in [0, 0.1) is 23.7 Å². The van der Waals surface area contributed by atoms with Crippen molar-refractivity contribution in [2.24, 2.45) is 23.7 Å². The van der Waals surface area contributed by atoms with Crippen molar-refractivity contribution in [2.75, 3.05) is 6.54 Å². The molecule has 94 valence electrons. The first-order valence-corrected chi connectivity index (χ1v) is 7.19. The Morgan fingerprint density at radius 3 is 2.44 bits per heavy atom. The van der Waals surface area contributed by atoms with E-state index in [1.54, 1.807) is 12.8 Å². The molecule has 2 saturated carbocycles. The first-order chi connectivity index (χ1) is 7.44. The lowest BCUT2D eigenvalue weighted by atomic mass is 9.82. The topological polar surface area (TPSA) is 12.0 Å². The second-order valence-electron chi connectivity index (χ2n) is 7.41. The summed E-state index contributed by atoms with van der Waals surface area (Å²) in [4.78, 5) is 0. The minimum absolute atomic E-state index is 0.281. The molecule has 1 nitrogen and oxygen atoms in total. The van der Waals surface area contributed by atoms with E-state index in [1.165, 1.54) is 25.8 Å². The molecule has 0 amide bonds.